The van der Waals surface area contributed by atoms with E-state index in [-0.39, 0.29) is 17.9 Å². The molecule has 2 fully saturated rings. The molecule has 8 nitrogen and oxygen atoms in total. The van der Waals surface area contributed by atoms with Gasteiger partial charge in [0.15, 0.2) is 0 Å². The fraction of sp³-hybridized carbons (Fsp3) is 0.444. The number of hydrogen-bond donors (Lipinski definition) is 2. The number of hydrogen-bond acceptors (Lipinski definition) is 6. The molecule has 8 heteroatoms. The first kappa shape index (κ1) is 23.5. The molecule has 0 radical (unpaired) electrons. The molecule has 0 spiro atoms. The van der Waals surface area contributed by atoms with Gasteiger partial charge in [-0.2, -0.15) is 0 Å². The first-order chi connectivity index (χ1) is 17.0. The average molecular weight is 477 g/mol. The first-order valence-electron chi connectivity index (χ1n) is 12.5. The van der Waals surface area contributed by atoms with E-state index in [0.29, 0.717) is 36.1 Å². The minimum atomic E-state index is -0.181. The number of piperidine rings is 1. The predicted molar refractivity (Wildman–Crippen MR) is 134 cm³/mol. The zero-order valence-corrected chi connectivity index (χ0v) is 19.9. The van der Waals surface area contributed by atoms with Gasteiger partial charge >= 0.3 is 0 Å². The highest BCUT2D eigenvalue weighted by Crippen LogP contribution is 2.34. The number of fused-ring (bicyclic) bond motifs is 1. The van der Waals surface area contributed by atoms with E-state index in [1.165, 1.54) is 0 Å². The number of ether oxygens (including phenoxy) is 1. The first-order valence-corrected chi connectivity index (χ1v) is 12.5. The van der Waals surface area contributed by atoms with Gasteiger partial charge in [0, 0.05) is 49.8 Å². The number of pyridine rings is 1. The maximum absolute atomic E-state index is 12.5. The van der Waals surface area contributed by atoms with Crippen LogP contribution in [-0.2, 0) is 4.79 Å². The Labute approximate surface area is 204 Å². The average Bonchev–Trinajstić information content (AvgIpc) is 3.56. The van der Waals surface area contributed by atoms with Gasteiger partial charge in [0.1, 0.15) is 17.3 Å². The van der Waals surface area contributed by atoms with E-state index in [1.54, 1.807) is 22.9 Å². The zero-order chi connectivity index (χ0) is 24.2. The number of likely N-dealkylation sites (tertiary alicyclic amines) is 1. The van der Waals surface area contributed by atoms with Crippen LogP contribution in [0.4, 0.5) is 5.82 Å². The number of aromatic nitrogens is 2. The third kappa shape index (κ3) is 6.26. The van der Waals surface area contributed by atoms with Gasteiger partial charge in [0.05, 0.1) is 11.6 Å². The van der Waals surface area contributed by atoms with Crippen LogP contribution in [0.3, 0.4) is 0 Å². The van der Waals surface area contributed by atoms with E-state index >= 15 is 0 Å². The molecule has 1 amide bonds. The summed E-state index contributed by atoms with van der Waals surface area (Å²) in [5.41, 5.74) is 0.881. The van der Waals surface area contributed by atoms with Crippen molar-refractivity contribution in [2.45, 2.75) is 51.0 Å². The molecule has 1 saturated heterocycles. The largest absolute Gasteiger partial charge is 0.457 e. The fourth-order valence-electron chi connectivity index (χ4n) is 4.56. The van der Waals surface area contributed by atoms with E-state index in [0.717, 1.165) is 62.6 Å². The molecular formula is C27H32N4O4. The van der Waals surface area contributed by atoms with Crippen molar-refractivity contribution < 1.29 is 19.4 Å². The van der Waals surface area contributed by atoms with Gasteiger partial charge < -0.3 is 20.1 Å². The smallest absolute Gasteiger partial charge is 0.231 e. The van der Waals surface area contributed by atoms with Gasteiger partial charge in [-0.15, -0.1) is 0 Å². The summed E-state index contributed by atoms with van der Waals surface area (Å²) < 4.78 is 7.74. The van der Waals surface area contributed by atoms with Crippen LogP contribution in [0.25, 0.3) is 10.9 Å². The van der Waals surface area contributed by atoms with Gasteiger partial charge in [-0.1, -0.05) is 0 Å². The third-order valence-electron chi connectivity index (χ3n) is 6.76. The number of nitrogens with one attached hydrogen (secondary N) is 1. The summed E-state index contributed by atoms with van der Waals surface area (Å²) in [5, 5.41) is 13.4. The maximum atomic E-state index is 12.5. The summed E-state index contributed by atoms with van der Waals surface area (Å²) in [6.45, 7) is 2.63. The van der Waals surface area contributed by atoms with Crippen molar-refractivity contribution in [3.63, 3.8) is 0 Å². The van der Waals surface area contributed by atoms with Crippen LogP contribution in [0, 0.1) is 5.92 Å². The van der Waals surface area contributed by atoms with Crippen molar-refractivity contribution in [2.24, 2.45) is 5.92 Å². The molecular weight excluding hydrogens is 444 g/mol. The highest BCUT2D eigenvalue weighted by molar-refractivity contribution is 5.93. The number of amides is 1. The molecule has 0 unspecified atom stereocenters. The summed E-state index contributed by atoms with van der Waals surface area (Å²) in [6.07, 6.45) is 8.96. The van der Waals surface area contributed by atoms with E-state index < -0.39 is 0 Å². The van der Waals surface area contributed by atoms with Crippen molar-refractivity contribution in [3.05, 3.63) is 48.8 Å². The van der Waals surface area contributed by atoms with E-state index in [9.17, 15) is 14.7 Å². The number of carbonyl (C=O) groups excluding carboxylic acids is 2. The molecule has 35 heavy (non-hydrogen) atoms. The van der Waals surface area contributed by atoms with Gasteiger partial charge in [-0.25, -0.2) is 4.98 Å². The van der Waals surface area contributed by atoms with E-state index in [1.807, 2.05) is 30.5 Å². The number of aliphatic hydroxyl groups is 1. The highest BCUT2D eigenvalue weighted by Gasteiger charge is 2.25. The van der Waals surface area contributed by atoms with E-state index in [2.05, 4.69) is 15.2 Å². The molecule has 1 aliphatic carbocycles. The Morgan fingerprint density at radius 1 is 1.06 bits per heavy atom. The molecule has 2 aromatic heterocycles. The van der Waals surface area contributed by atoms with Gasteiger partial charge in [0.2, 0.25) is 11.8 Å². The standard InChI is InChI=1S/C27H32N4O4/c32-21-9-13-30(14-10-21)12-1-2-26(33)29-25-18-23(7-11-28-25)35-22-5-6-24-20(17-22)8-15-31(24)27(34)16-19-3-4-19/h5-8,11,15,17-19,21,32H,1-4,9-10,12-14,16H2,(H,28,29,33). The Balaban J connectivity index is 1.14. The molecule has 2 aliphatic rings. The predicted octanol–water partition coefficient (Wildman–Crippen LogP) is 4.44. The van der Waals surface area contributed by atoms with Crippen LogP contribution in [0.1, 0.15) is 49.7 Å². The molecule has 1 saturated carbocycles. The Hall–Kier alpha value is -3.23. The van der Waals surface area contributed by atoms with Crippen molar-refractivity contribution in [1.82, 2.24) is 14.5 Å². The summed E-state index contributed by atoms with van der Waals surface area (Å²) in [5.74, 6) is 2.29. The summed E-state index contributed by atoms with van der Waals surface area (Å²) in [4.78, 5) is 31.4. The molecule has 0 bridgehead atoms. The summed E-state index contributed by atoms with van der Waals surface area (Å²) >= 11 is 0. The minimum Gasteiger partial charge on any atom is -0.457 e. The van der Waals surface area contributed by atoms with Gasteiger partial charge in [0.25, 0.3) is 0 Å². The lowest BCUT2D eigenvalue weighted by molar-refractivity contribution is -0.116. The third-order valence-corrected chi connectivity index (χ3v) is 6.76. The lowest BCUT2D eigenvalue weighted by atomic mass is 10.1. The Kier molecular flexibility index (Phi) is 7.11. The monoisotopic (exact) mass is 476 g/mol. The second-order valence-electron chi connectivity index (χ2n) is 9.65. The Bertz CT molecular complexity index is 1190. The van der Waals surface area contributed by atoms with Gasteiger partial charge in [-0.3, -0.25) is 14.2 Å². The van der Waals surface area contributed by atoms with Crippen LogP contribution in [-0.4, -0.2) is 57.1 Å². The summed E-state index contributed by atoms with van der Waals surface area (Å²) in [7, 11) is 0. The van der Waals surface area contributed by atoms with Crippen LogP contribution in [0.2, 0.25) is 0 Å². The second-order valence-corrected chi connectivity index (χ2v) is 9.65. The van der Waals surface area contributed by atoms with E-state index in [4.69, 9.17) is 4.74 Å². The second kappa shape index (κ2) is 10.6. The molecule has 3 heterocycles. The fourth-order valence-corrected chi connectivity index (χ4v) is 4.56. The van der Waals surface area contributed by atoms with Crippen LogP contribution < -0.4 is 10.1 Å². The molecule has 2 N–H and O–H groups in total. The van der Waals surface area contributed by atoms with Crippen molar-refractivity contribution in [2.75, 3.05) is 25.0 Å². The molecule has 1 aromatic carbocycles. The summed E-state index contributed by atoms with van der Waals surface area (Å²) in [6, 6.07) is 11.0. The zero-order valence-electron chi connectivity index (χ0n) is 19.9. The number of aliphatic hydroxyl groups excluding tert-OH is 1. The number of nitrogens with zero attached hydrogens (tertiary/aromatic N) is 3. The van der Waals surface area contributed by atoms with Crippen molar-refractivity contribution in [3.8, 4) is 11.5 Å². The Morgan fingerprint density at radius 3 is 2.66 bits per heavy atom. The Morgan fingerprint density at radius 2 is 1.86 bits per heavy atom. The number of carbonyl (C=O) groups is 2. The van der Waals surface area contributed by atoms with Crippen LogP contribution in [0.5, 0.6) is 11.5 Å². The normalized spacial score (nSPS) is 16.9. The molecule has 1 aliphatic heterocycles. The number of rotatable bonds is 9. The lowest BCUT2D eigenvalue weighted by Crippen LogP contribution is -2.36. The lowest BCUT2D eigenvalue weighted by Gasteiger charge is -2.29. The quantitative estimate of drug-likeness (QED) is 0.474. The van der Waals surface area contributed by atoms with Gasteiger partial charge in [-0.05, 0) is 74.9 Å². The molecule has 3 aromatic rings. The highest BCUT2D eigenvalue weighted by atomic mass is 16.5. The van der Waals surface area contributed by atoms with Crippen LogP contribution in [0.15, 0.2) is 48.8 Å². The van der Waals surface area contributed by atoms with Crippen LogP contribution >= 0.6 is 0 Å². The molecule has 5 rings (SSSR count). The van der Waals surface area contributed by atoms with Crippen molar-refractivity contribution in [1.29, 1.82) is 0 Å². The molecule has 0 atom stereocenters. The number of benzene rings is 1. The minimum absolute atomic E-state index is 0.0784. The SMILES string of the molecule is O=C(CCCN1CCC(O)CC1)Nc1cc(Oc2ccc3c(ccn3C(=O)CC3CC3)c2)ccn1. The maximum Gasteiger partial charge on any atom is 0.231 e. The number of anilines is 1. The molecule has 184 valence electrons. The van der Waals surface area contributed by atoms with Crippen molar-refractivity contribution >= 4 is 28.5 Å². The topological polar surface area (TPSA) is 96.7 Å².